The summed E-state index contributed by atoms with van der Waals surface area (Å²) in [7, 11) is 0. The van der Waals surface area contributed by atoms with Crippen molar-refractivity contribution in [1.29, 1.82) is 0 Å². The van der Waals surface area contributed by atoms with Gasteiger partial charge in [0.15, 0.2) is 5.75 Å². The van der Waals surface area contributed by atoms with Gasteiger partial charge in [-0.05, 0) is 38.5 Å². The lowest BCUT2D eigenvalue weighted by atomic mass is 10.1. The molecule has 2 aromatic carbocycles. The molecule has 0 aromatic heterocycles. The maximum Gasteiger partial charge on any atom is 0.311 e. The highest BCUT2D eigenvalue weighted by Crippen LogP contribution is 2.28. The van der Waals surface area contributed by atoms with E-state index in [0.29, 0.717) is 19.8 Å². The van der Waals surface area contributed by atoms with E-state index < -0.39 is 16.4 Å². The fourth-order valence-electron chi connectivity index (χ4n) is 2.49. The Labute approximate surface area is 158 Å². The van der Waals surface area contributed by atoms with Gasteiger partial charge in [0.1, 0.15) is 0 Å². The molecule has 0 aliphatic heterocycles. The van der Waals surface area contributed by atoms with Crippen LogP contribution in [0.25, 0.3) is 0 Å². The molecule has 0 saturated carbocycles. The quantitative estimate of drug-likeness (QED) is 0.535. The number of carbonyl (C=O) groups excluding carboxylic acids is 1. The number of benzene rings is 2. The molecular formula is C20H24N2O5. The standard InChI is InChI=1S/C20H24N2O5/c1-4-27-18-11-10-16(12-17(18)22(24)25)19(23)21-20(2,3)14-26-13-15-8-6-5-7-9-15/h5-12H,4,13-14H2,1-3H3,(H,21,23). The fraction of sp³-hybridized carbons (Fsp3) is 0.350. The fourth-order valence-corrected chi connectivity index (χ4v) is 2.49. The van der Waals surface area contributed by atoms with E-state index in [4.69, 9.17) is 9.47 Å². The molecule has 2 rings (SSSR count). The van der Waals surface area contributed by atoms with Gasteiger partial charge in [0, 0.05) is 11.6 Å². The lowest BCUT2D eigenvalue weighted by molar-refractivity contribution is -0.385. The van der Waals surface area contributed by atoms with Gasteiger partial charge in [-0.2, -0.15) is 0 Å². The molecule has 2 aromatic rings. The lowest BCUT2D eigenvalue weighted by Crippen LogP contribution is -2.47. The second kappa shape index (κ2) is 9.14. The molecular weight excluding hydrogens is 348 g/mol. The molecule has 0 bridgehead atoms. The Hall–Kier alpha value is -2.93. The molecule has 7 nitrogen and oxygen atoms in total. The molecule has 0 spiro atoms. The molecule has 0 aliphatic carbocycles. The number of amides is 1. The minimum absolute atomic E-state index is 0.143. The van der Waals surface area contributed by atoms with Crippen molar-refractivity contribution in [3.63, 3.8) is 0 Å². The van der Waals surface area contributed by atoms with Gasteiger partial charge in [0.05, 0.1) is 30.3 Å². The first kappa shape index (κ1) is 20.4. The van der Waals surface area contributed by atoms with Gasteiger partial charge in [0.25, 0.3) is 5.91 Å². The van der Waals surface area contributed by atoms with Crippen molar-refractivity contribution in [3.8, 4) is 5.75 Å². The topological polar surface area (TPSA) is 90.7 Å². The number of carbonyl (C=O) groups is 1. The van der Waals surface area contributed by atoms with Crippen LogP contribution >= 0.6 is 0 Å². The molecule has 0 aliphatic rings. The van der Waals surface area contributed by atoms with Crippen molar-refractivity contribution in [3.05, 3.63) is 69.8 Å². The first-order valence-corrected chi connectivity index (χ1v) is 8.68. The molecule has 1 amide bonds. The van der Waals surface area contributed by atoms with E-state index in [2.05, 4.69) is 5.32 Å². The number of nitro groups is 1. The molecule has 0 saturated heterocycles. The first-order chi connectivity index (χ1) is 12.8. The molecule has 0 fully saturated rings. The predicted octanol–water partition coefficient (Wildman–Crippen LogP) is 3.72. The summed E-state index contributed by atoms with van der Waals surface area (Å²) in [5.41, 5.74) is 0.366. The molecule has 0 heterocycles. The van der Waals surface area contributed by atoms with Crippen molar-refractivity contribution in [2.75, 3.05) is 13.2 Å². The summed E-state index contributed by atoms with van der Waals surface area (Å²) < 4.78 is 10.9. The molecule has 144 valence electrons. The smallest absolute Gasteiger partial charge is 0.311 e. The minimum atomic E-state index is -0.640. The molecule has 0 atom stereocenters. The Morgan fingerprint density at radius 3 is 2.52 bits per heavy atom. The largest absolute Gasteiger partial charge is 0.487 e. The van der Waals surface area contributed by atoms with Crippen LogP contribution in [0.3, 0.4) is 0 Å². The normalized spacial score (nSPS) is 11.1. The lowest BCUT2D eigenvalue weighted by Gasteiger charge is -2.26. The first-order valence-electron chi connectivity index (χ1n) is 8.68. The average molecular weight is 372 g/mol. The Bertz CT molecular complexity index is 790. The highest BCUT2D eigenvalue weighted by molar-refractivity contribution is 5.95. The average Bonchev–Trinajstić information content (AvgIpc) is 2.62. The predicted molar refractivity (Wildman–Crippen MR) is 102 cm³/mol. The van der Waals surface area contributed by atoms with E-state index in [9.17, 15) is 14.9 Å². The monoisotopic (exact) mass is 372 g/mol. The van der Waals surface area contributed by atoms with Crippen LogP contribution in [0.4, 0.5) is 5.69 Å². The zero-order chi connectivity index (χ0) is 19.9. The van der Waals surface area contributed by atoms with Gasteiger partial charge in [-0.15, -0.1) is 0 Å². The number of rotatable bonds is 9. The van der Waals surface area contributed by atoms with Gasteiger partial charge in [-0.3, -0.25) is 14.9 Å². The zero-order valence-electron chi connectivity index (χ0n) is 15.7. The SMILES string of the molecule is CCOc1ccc(C(=O)NC(C)(C)COCc2ccccc2)cc1[N+](=O)[O-]. The van der Waals surface area contributed by atoms with Crippen molar-refractivity contribution in [2.45, 2.75) is 32.9 Å². The van der Waals surface area contributed by atoms with Crippen LogP contribution in [0.5, 0.6) is 5.75 Å². The Kier molecular flexibility index (Phi) is 6.90. The van der Waals surface area contributed by atoms with Gasteiger partial charge < -0.3 is 14.8 Å². The Morgan fingerprint density at radius 2 is 1.89 bits per heavy atom. The van der Waals surface area contributed by atoms with E-state index in [1.54, 1.807) is 6.92 Å². The molecule has 0 unspecified atom stereocenters. The summed E-state index contributed by atoms with van der Waals surface area (Å²) >= 11 is 0. The van der Waals surface area contributed by atoms with E-state index in [1.165, 1.54) is 18.2 Å². The van der Waals surface area contributed by atoms with Gasteiger partial charge in [0.2, 0.25) is 0 Å². The number of hydrogen-bond donors (Lipinski definition) is 1. The third-order valence-electron chi connectivity index (χ3n) is 3.74. The highest BCUT2D eigenvalue weighted by Gasteiger charge is 2.24. The van der Waals surface area contributed by atoms with Crippen LogP contribution in [-0.2, 0) is 11.3 Å². The van der Waals surface area contributed by atoms with Crippen molar-refractivity contribution in [1.82, 2.24) is 5.32 Å². The maximum absolute atomic E-state index is 12.5. The third-order valence-corrected chi connectivity index (χ3v) is 3.74. The number of nitrogens with one attached hydrogen (secondary N) is 1. The molecule has 27 heavy (non-hydrogen) atoms. The summed E-state index contributed by atoms with van der Waals surface area (Å²) in [5.74, 6) is -0.265. The van der Waals surface area contributed by atoms with E-state index in [0.717, 1.165) is 5.56 Å². The van der Waals surface area contributed by atoms with Crippen LogP contribution < -0.4 is 10.1 Å². The highest BCUT2D eigenvalue weighted by atomic mass is 16.6. The molecule has 7 heteroatoms. The number of ether oxygens (including phenoxy) is 2. The Balaban J connectivity index is 2.00. The van der Waals surface area contributed by atoms with Crippen molar-refractivity contribution < 1.29 is 19.2 Å². The van der Waals surface area contributed by atoms with Crippen molar-refractivity contribution in [2.24, 2.45) is 0 Å². The Morgan fingerprint density at radius 1 is 1.19 bits per heavy atom. The van der Waals surface area contributed by atoms with Gasteiger partial charge >= 0.3 is 5.69 Å². The van der Waals surface area contributed by atoms with Crippen LogP contribution in [0.15, 0.2) is 48.5 Å². The van der Waals surface area contributed by atoms with E-state index in [-0.39, 0.29) is 17.0 Å². The van der Waals surface area contributed by atoms with E-state index in [1.807, 2.05) is 44.2 Å². The summed E-state index contributed by atoms with van der Waals surface area (Å²) in [4.78, 5) is 23.2. The summed E-state index contributed by atoms with van der Waals surface area (Å²) in [5, 5.41) is 14.1. The third kappa shape index (κ3) is 6.07. The zero-order valence-corrected chi connectivity index (χ0v) is 15.7. The van der Waals surface area contributed by atoms with Crippen LogP contribution in [0.1, 0.15) is 36.7 Å². The van der Waals surface area contributed by atoms with Gasteiger partial charge in [-0.25, -0.2) is 0 Å². The summed E-state index contributed by atoms with van der Waals surface area (Å²) in [6, 6.07) is 13.9. The summed E-state index contributed by atoms with van der Waals surface area (Å²) in [6.07, 6.45) is 0. The van der Waals surface area contributed by atoms with Crippen molar-refractivity contribution >= 4 is 11.6 Å². The molecule has 0 radical (unpaired) electrons. The number of nitrogens with zero attached hydrogens (tertiary/aromatic N) is 1. The molecule has 1 N–H and O–H groups in total. The minimum Gasteiger partial charge on any atom is -0.487 e. The number of nitro benzene ring substituents is 1. The maximum atomic E-state index is 12.5. The van der Waals surface area contributed by atoms with Gasteiger partial charge in [-0.1, -0.05) is 30.3 Å². The number of hydrogen-bond acceptors (Lipinski definition) is 5. The van der Waals surface area contributed by atoms with Crippen LogP contribution in [0.2, 0.25) is 0 Å². The second-order valence-electron chi connectivity index (χ2n) is 6.69. The van der Waals surface area contributed by atoms with Crippen LogP contribution in [0, 0.1) is 10.1 Å². The van der Waals surface area contributed by atoms with Crippen LogP contribution in [-0.4, -0.2) is 29.6 Å². The van der Waals surface area contributed by atoms with E-state index >= 15 is 0 Å². The summed E-state index contributed by atoms with van der Waals surface area (Å²) in [6.45, 7) is 6.44. The second-order valence-corrected chi connectivity index (χ2v) is 6.69.